The number of carbonyl (C=O) groups is 1. The number of carbonyl (C=O) groups excluding carboxylic acids is 1. The van der Waals surface area contributed by atoms with Gasteiger partial charge in [0.1, 0.15) is 0 Å². The molecule has 0 N–H and O–H groups in total. The maximum Gasteiger partial charge on any atom is 0.285 e. The standard InChI is InChI=1S/C16H11ClN2O2/c1-10(20)15-16(21)19(12-8-6-11(17)7-9-12)14-5-3-2-4-13(14)18-15/h2-9H,1H3. The van der Waals surface area contributed by atoms with Crippen molar-refractivity contribution in [2.75, 3.05) is 0 Å². The normalized spacial score (nSPS) is 10.8. The first-order chi connectivity index (χ1) is 10.1. The molecule has 0 aliphatic heterocycles. The summed E-state index contributed by atoms with van der Waals surface area (Å²) in [6, 6.07) is 14.1. The van der Waals surface area contributed by atoms with Crippen LogP contribution < -0.4 is 5.56 Å². The summed E-state index contributed by atoms with van der Waals surface area (Å²) in [5, 5.41) is 0.581. The zero-order valence-corrected chi connectivity index (χ0v) is 12.0. The molecule has 0 spiro atoms. The zero-order valence-electron chi connectivity index (χ0n) is 11.2. The van der Waals surface area contributed by atoms with Gasteiger partial charge in [0.2, 0.25) is 0 Å². The Balaban J connectivity index is 2.44. The lowest BCUT2D eigenvalue weighted by Crippen LogP contribution is -2.26. The minimum absolute atomic E-state index is 0.0661. The van der Waals surface area contributed by atoms with Crippen LogP contribution in [0.15, 0.2) is 53.3 Å². The number of hydrogen-bond acceptors (Lipinski definition) is 3. The maximum absolute atomic E-state index is 12.6. The van der Waals surface area contributed by atoms with E-state index >= 15 is 0 Å². The van der Waals surface area contributed by atoms with Crippen molar-refractivity contribution in [1.29, 1.82) is 0 Å². The fourth-order valence-corrected chi connectivity index (χ4v) is 2.33. The highest BCUT2D eigenvalue weighted by molar-refractivity contribution is 6.30. The second-order valence-corrected chi connectivity index (χ2v) is 5.06. The Morgan fingerprint density at radius 3 is 2.43 bits per heavy atom. The molecule has 0 fully saturated rings. The summed E-state index contributed by atoms with van der Waals surface area (Å²) in [7, 11) is 0. The molecule has 21 heavy (non-hydrogen) atoms. The molecule has 0 saturated heterocycles. The molecule has 0 aliphatic carbocycles. The van der Waals surface area contributed by atoms with Gasteiger partial charge in [-0.05, 0) is 36.4 Å². The van der Waals surface area contributed by atoms with Crippen molar-refractivity contribution >= 4 is 28.4 Å². The van der Waals surface area contributed by atoms with Crippen LogP contribution in [0, 0.1) is 0 Å². The van der Waals surface area contributed by atoms with Crippen molar-refractivity contribution in [3.05, 3.63) is 69.6 Å². The lowest BCUT2D eigenvalue weighted by Gasteiger charge is -2.11. The van der Waals surface area contributed by atoms with Crippen LogP contribution in [0.3, 0.4) is 0 Å². The van der Waals surface area contributed by atoms with Gasteiger partial charge in [-0.1, -0.05) is 23.7 Å². The molecular weight excluding hydrogens is 288 g/mol. The SMILES string of the molecule is CC(=O)c1nc2ccccc2n(-c2ccc(Cl)cc2)c1=O. The number of aromatic nitrogens is 2. The Labute approximate surface area is 125 Å². The summed E-state index contributed by atoms with van der Waals surface area (Å²) in [5.41, 5.74) is 1.39. The van der Waals surface area contributed by atoms with Gasteiger partial charge in [-0.2, -0.15) is 0 Å². The van der Waals surface area contributed by atoms with Crippen molar-refractivity contribution in [3.8, 4) is 5.69 Å². The van der Waals surface area contributed by atoms with E-state index in [2.05, 4.69) is 4.98 Å². The Morgan fingerprint density at radius 1 is 1.10 bits per heavy atom. The topological polar surface area (TPSA) is 52.0 Å². The van der Waals surface area contributed by atoms with Crippen LogP contribution in [0.1, 0.15) is 17.4 Å². The van der Waals surface area contributed by atoms with E-state index < -0.39 is 5.56 Å². The minimum Gasteiger partial charge on any atom is -0.293 e. The van der Waals surface area contributed by atoms with Crippen LogP contribution in [0.2, 0.25) is 5.02 Å². The fraction of sp³-hybridized carbons (Fsp3) is 0.0625. The maximum atomic E-state index is 12.6. The van der Waals surface area contributed by atoms with Gasteiger partial charge in [-0.15, -0.1) is 0 Å². The van der Waals surface area contributed by atoms with E-state index in [4.69, 9.17) is 11.6 Å². The quantitative estimate of drug-likeness (QED) is 0.682. The van der Waals surface area contributed by atoms with Gasteiger partial charge < -0.3 is 0 Å². The third-order valence-electron chi connectivity index (χ3n) is 3.18. The van der Waals surface area contributed by atoms with E-state index in [9.17, 15) is 9.59 Å². The molecule has 0 unspecified atom stereocenters. The van der Waals surface area contributed by atoms with Gasteiger partial charge in [0.15, 0.2) is 11.5 Å². The number of Topliss-reactive ketones (excluding diaryl/α,β-unsaturated/α-hetero) is 1. The number of ketones is 1. The monoisotopic (exact) mass is 298 g/mol. The van der Waals surface area contributed by atoms with Gasteiger partial charge in [0.05, 0.1) is 11.0 Å². The van der Waals surface area contributed by atoms with E-state index in [1.54, 1.807) is 36.4 Å². The molecule has 1 aromatic heterocycles. The molecule has 1 heterocycles. The van der Waals surface area contributed by atoms with E-state index in [-0.39, 0.29) is 11.5 Å². The van der Waals surface area contributed by atoms with Crippen LogP contribution in [-0.2, 0) is 0 Å². The van der Waals surface area contributed by atoms with Gasteiger partial charge in [0.25, 0.3) is 5.56 Å². The summed E-state index contributed by atoms with van der Waals surface area (Å²) in [5.74, 6) is -0.353. The predicted octanol–water partition coefficient (Wildman–Crippen LogP) is 3.24. The van der Waals surface area contributed by atoms with Crippen LogP contribution in [0.5, 0.6) is 0 Å². The number of fused-ring (bicyclic) bond motifs is 1. The fourth-order valence-electron chi connectivity index (χ4n) is 2.21. The van der Waals surface area contributed by atoms with Gasteiger partial charge in [-0.3, -0.25) is 14.2 Å². The molecule has 3 aromatic rings. The molecule has 0 atom stereocenters. The summed E-state index contributed by atoms with van der Waals surface area (Å²) in [6.07, 6.45) is 0. The van der Waals surface area contributed by atoms with E-state index in [0.717, 1.165) is 0 Å². The molecule has 4 nitrogen and oxygen atoms in total. The second-order valence-electron chi connectivity index (χ2n) is 4.62. The van der Waals surface area contributed by atoms with Gasteiger partial charge >= 0.3 is 0 Å². The summed E-state index contributed by atoms with van der Waals surface area (Å²) in [4.78, 5) is 28.4. The summed E-state index contributed by atoms with van der Waals surface area (Å²) in [6.45, 7) is 1.34. The number of hydrogen-bond donors (Lipinski definition) is 0. The average molecular weight is 299 g/mol. The molecule has 0 aliphatic rings. The lowest BCUT2D eigenvalue weighted by molar-refractivity contribution is 0.101. The lowest BCUT2D eigenvalue weighted by atomic mass is 10.2. The summed E-state index contributed by atoms with van der Waals surface area (Å²) < 4.78 is 1.48. The number of rotatable bonds is 2. The molecule has 104 valence electrons. The van der Waals surface area contributed by atoms with E-state index in [0.29, 0.717) is 21.7 Å². The third-order valence-corrected chi connectivity index (χ3v) is 3.43. The highest BCUT2D eigenvalue weighted by atomic mass is 35.5. The number of para-hydroxylation sites is 2. The van der Waals surface area contributed by atoms with E-state index in [1.165, 1.54) is 11.5 Å². The molecule has 2 aromatic carbocycles. The molecule has 0 radical (unpaired) electrons. The number of nitrogens with zero attached hydrogens (tertiary/aromatic N) is 2. The Kier molecular flexibility index (Phi) is 3.31. The van der Waals surface area contributed by atoms with Gasteiger partial charge in [-0.25, -0.2) is 4.98 Å². The Bertz CT molecular complexity index is 898. The predicted molar refractivity (Wildman–Crippen MR) is 82.4 cm³/mol. The Morgan fingerprint density at radius 2 is 1.76 bits per heavy atom. The largest absolute Gasteiger partial charge is 0.293 e. The van der Waals surface area contributed by atoms with E-state index in [1.807, 2.05) is 12.1 Å². The molecule has 0 saturated carbocycles. The van der Waals surface area contributed by atoms with Crippen molar-refractivity contribution in [2.24, 2.45) is 0 Å². The molecule has 0 bridgehead atoms. The van der Waals surface area contributed by atoms with Crippen LogP contribution in [-0.4, -0.2) is 15.3 Å². The molecule has 3 rings (SSSR count). The zero-order chi connectivity index (χ0) is 15.0. The Hall–Kier alpha value is -2.46. The molecular formula is C16H11ClN2O2. The third kappa shape index (κ3) is 2.34. The van der Waals surface area contributed by atoms with Crippen molar-refractivity contribution < 1.29 is 4.79 Å². The first kappa shape index (κ1) is 13.5. The van der Waals surface area contributed by atoms with Crippen LogP contribution in [0.4, 0.5) is 0 Å². The molecule has 0 amide bonds. The van der Waals surface area contributed by atoms with Crippen molar-refractivity contribution in [2.45, 2.75) is 6.92 Å². The number of benzene rings is 2. The second kappa shape index (κ2) is 5.14. The van der Waals surface area contributed by atoms with Crippen LogP contribution >= 0.6 is 11.6 Å². The highest BCUT2D eigenvalue weighted by Crippen LogP contribution is 2.17. The van der Waals surface area contributed by atoms with Crippen molar-refractivity contribution in [1.82, 2.24) is 9.55 Å². The van der Waals surface area contributed by atoms with Gasteiger partial charge in [0, 0.05) is 17.6 Å². The molecule has 5 heteroatoms. The average Bonchev–Trinajstić information content (AvgIpc) is 2.48. The summed E-state index contributed by atoms with van der Waals surface area (Å²) >= 11 is 5.89. The van der Waals surface area contributed by atoms with Crippen LogP contribution in [0.25, 0.3) is 16.7 Å². The first-order valence-corrected chi connectivity index (χ1v) is 6.74. The smallest absolute Gasteiger partial charge is 0.285 e. The first-order valence-electron chi connectivity index (χ1n) is 6.36. The highest BCUT2D eigenvalue weighted by Gasteiger charge is 2.15. The van der Waals surface area contributed by atoms with Crippen molar-refractivity contribution in [3.63, 3.8) is 0 Å². The number of halogens is 1. The minimum atomic E-state index is -0.427.